The van der Waals surface area contributed by atoms with Gasteiger partial charge in [-0.25, -0.2) is 0 Å². The van der Waals surface area contributed by atoms with E-state index in [9.17, 15) is 28.8 Å². The van der Waals surface area contributed by atoms with Gasteiger partial charge in [0, 0.05) is 81.3 Å². The lowest BCUT2D eigenvalue weighted by atomic mass is 10.0. The van der Waals surface area contributed by atoms with E-state index in [1.165, 1.54) is 12.8 Å². The summed E-state index contributed by atoms with van der Waals surface area (Å²) in [5.41, 5.74) is 3.22. The topological polar surface area (TPSA) is 176 Å². The summed E-state index contributed by atoms with van der Waals surface area (Å²) in [5, 5.41) is 6.09. The van der Waals surface area contributed by atoms with Crippen LogP contribution in [0.5, 0.6) is 5.75 Å². The van der Waals surface area contributed by atoms with Crippen molar-refractivity contribution in [2.45, 2.75) is 109 Å². The summed E-state index contributed by atoms with van der Waals surface area (Å²) in [6, 6.07) is 8.03. The highest BCUT2D eigenvalue weighted by atomic mass is 16.5. The molecule has 8 rings (SSSR count). The number of imide groups is 2. The van der Waals surface area contributed by atoms with Gasteiger partial charge in [0.2, 0.25) is 17.7 Å². The molecular weight excluding hydrogens is 791 g/mol. The van der Waals surface area contributed by atoms with E-state index in [1.54, 1.807) is 42.2 Å². The van der Waals surface area contributed by atoms with Gasteiger partial charge in [-0.1, -0.05) is 44.6 Å². The van der Waals surface area contributed by atoms with Crippen LogP contribution >= 0.6 is 0 Å². The fourth-order valence-electron chi connectivity index (χ4n) is 8.94. The number of ether oxygens (including phenoxy) is 1. The Labute approximate surface area is 361 Å². The van der Waals surface area contributed by atoms with Gasteiger partial charge in [-0.15, -0.1) is 0 Å². The van der Waals surface area contributed by atoms with Crippen LogP contribution in [0.2, 0.25) is 0 Å². The number of hydrogen-bond acceptors (Lipinski definition) is 11. The molecule has 1 saturated carbocycles. The van der Waals surface area contributed by atoms with Crippen LogP contribution in [0.4, 0.5) is 5.69 Å². The molecule has 62 heavy (non-hydrogen) atoms. The molecule has 0 spiro atoms. The van der Waals surface area contributed by atoms with Crippen molar-refractivity contribution in [2.24, 2.45) is 13.0 Å². The van der Waals surface area contributed by atoms with Gasteiger partial charge in [0.05, 0.1) is 35.9 Å². The predicted octanol–water partition coefficient (Wildman–Crippen LogP) is 6.04. The van der Waals surface area contributed by atoms with Gasteiger partial charge in [-0.3, -0.25) is 48.9 Å². The van der Waals surface area contributed by atoms with Gasteiger partial charge in [0.15, 0.2) is 0 Å². The SMILES string of the molecule is C[C@@H]1CN(C(=O)CCCCCCCCCCNc2cccc3c2C(=O)N(C2CCC(=O)NC2=O)C3=O)CCN1Cc1cc2c(=O)n(C)cc(-c3ccncc3OCC3CC3)c2o1. The van der Waals surface area contributed by atoms with Crippen LogP contribution in [-0.2, 0) is 28.0 Å². The molecule has 3 aromatic heterocycles. The lowest BCUT2D eigenvalue weighted by Gasteiger charge is -2.39. The van der Waals surface area contributed by atoms with Crippen molar-refractivity contribution < 1.29 is 33.1 Å². The molecule has 3 aliphatic heterocycles. The molecule has 1 aliphatic carbocycles. The largest absolute Gasteiger partial charge is 0.491 e. The van der Waals surface area contributed by atoms with Gasteiger partial charge in [-0.2, -0.15) is 0 Å². The standard InChI is InChI=1S/C47H57N7O8/c1-30-26-53(23-22-52(30)27-32-24-35-43(62-32)36(28-51(2)45(35)58)33-19-21-48-25-39(33)61-29-31-15-16-31)41(56)14-9-7-5-3-4-6-8-10-20-49-37-13-11-12-34-42(37)47(60)54(46(34)59)38-17-18-40(55)50-44(38)57/h11-13,19,21,24-25,28,30-31,38,49H,3-10,14-18,20,22-23,26-27,29H2,1-2H3,(H,50,55,57)/t30-,38?/m1/s1. The second-order valence-corrected chi connectivity index (χ2v) is 17.4. The number of amides is 5. The van der Waals surface area contributed by atoms with Crippen molar-refractivity contribution >= 4 is 46.2 Å². The van der Waals surface area contributed by atoms with E-state index in [4.69, 9.17) is 9.15 Å². The van der Waals surface area contributed by atoms with Crippen LogP contribution < -0.4 is 20.9 Å². The molecule has 4 aliphatic rings. The number of fused-ring (bicyclic) bond motifs is 2. The minimum Gasteiger partial charge on any atom is -0.491 e. The number of furan rings is 1. The van der Waals surface area contributed by atoms with Gasteiger partial charge in [0.25, 0.3) is 17.4 Å². The van der Waals surface area contributed by atoms with Gasteiger partial charge < -0.3 is 23.9 Å². The second-order valence-electron chi connectivity index (χ2n) is 17.4. The Balaban J connectivity index is 0.719. The smallest absolute Gasteiger partial charge is 0.264 e. The number of carbonyl (C=O) groups is 5. The molecule has 328 valence electrons. The molecule has 5 amide bonds. The highest BCUT2D eigenvalue weighted by Gasteiger charge is 2.45. The minimum absolute atomic E-state index is 0.0844. The van der Waals surface area contributed by atoms with Crippen LogP contribution in [0.3, 0.4) is 0 Å². The number of carbonyl (C=O) groups excluding carboxylic acids is 5. The summed E-state index contributed by atoms with van der Waals surface area (Å²) in [7, 11) is 1.75. The first-order valence-corrected chi connectivity index (χ1v) is 22.4. The van der Waals surface area contributed by atoms with Crippen LogP contribution in [-0.4, -0.2) is 98.7 Å². The molecule has 2 N–H and O–H groups in total. The van der Waals surface area contributed by atoms with E-state index in [2.05, 4.69) is 27.4 Å². The first-order valence-electron chi connectivity index (χ1n) is 22.4. The molecule has 6 heterocycles. The van der Waals surface area contributed by atoms with Crippen molar-refractivity contribution in [2.75, 3.05) is 38.1 Å². The Bertz CT molecular complexity index is 2400. The van der Waals surface area contributed by atoms with Crippen LogP contribution in [0.15, 0.2) is 58.1 Å². The van der Waals surface area contributed by atoms with E-state index < -0.39 is 29.7 Å². The van der Waals surface area contributed by atoms with E-state index in [1.807, 2.05) is 23.2 Å². The number of piperazine rings is 1. The summed E-state index contributed by atoms with van der Waals surface area (Å²) in [5.74, 6) is 0.171. The zero-order valence-electron chi connectivity index (χ0n) is 35.8. The number of aromatic nitrogens is 2. The number of nitrogens with zero attached hydrogens (tertiary/aromatic N) is 5. The van der Waals surface area contributed by atoms with Crippen molar-refractivity contribution in [1.82, 2.24) is 29.6 Å². The summed E-state index contributed by atoms with van der Waals surface area (Å²) < 4.78 is 14.2. The average molecular weight is 848 g/mol. The Hall–Kier alpha value is -5.83. The predicted molar refractivity (Wildman–Crippen MR) is 233 cm³/mol. The third-order valence-corrected chi connectivity index (χ3v) is 12.7. The number of benzene rings is 1. The molecular formula is C47H57N7O8. The maximum atomic E-state index is 13.3. The Morgan fingerprint density at radius 1 is 0.919 bits per heavy atom. The summed E-state index contributed by atoms with van der Waals surface area (Å²) in [4.78, 5) is 86.4. The maximum Gasteiger partial charge on any atom is 0.264 e. The number of anilines is 1. The molecule has 3 fully saturated rings. The quantitative estimate of drug-likeness (QED) is 0.0832. The normalized spacial score (nSPS) is 19.3. The number of pyridine rings is 2. The molecule has 2 atom stereocenters. The number of aryl methyl sites for hydroxylation is 1. The lowest BCUT2D eigenvalue weighted by molar-refractivity contribution is -0.136. The van der Waals surface area contributed by atoms with Gasteiger partial charge >= 0.3 is 0 Å². The lowest BCUT2D eigenvalue weighted by Crippen LogP contribution is -2.54. The number of unbranched alkanes of at least 4 members (excludes halogenated alkanes) is 7. The Morgan fingerprint density at radius 2 is 1.69 bits per heavy atom. The summed E-state index contributed by atoms with van der Waals surface area (Å²) in [6.07, 6.45) is 16.6. The third kappa shape index (κ3) is 9.47. The zero-order valence-corrected chi connectivity index (χ0v) is 35.8. The minimum atomic E-state index is -0.984. The number of piperidine rings is 1. The van der Waals surface area contributed by atoms with Crippen molar-refractivity contribution in [3.05, 3.63) is 76.2 Å². The number of rotatable bonds is 19. The van der Waals surface area contributed by atoms with E-state index >= 15 is 0 Å². The van der Waals surface area contributed by atoms with E-state index in [-0.39, 0.29) is 41.5 Å². The molecule has 1 unspecified atom stereocenters. The fraction of sp³-hybridized carbons (Fsp3) is 0.511. The molecule has 2 saturated heterocycles. The number of hydrogen-bond donors (Lipinski definition) is 2. The first-order chi connectivity index (χ1) is 30.1. The summed E-state index contributed by atoms with van der Waals surface area (Å²) in [6.45, 7) is 6.03. The average Bonchev–Trinajstić information content (AvgIpc) is 3.94. The van der Waals surface area contributed by atoms with Gasteiger partial charge in [-0.05, 0) is 69.2 Å². The maximum absolute atomic E-state index is 13.3. The van der Waals surface area contributed by atoms with Crippen molar-refractivity contribution in [1.29, 1.82) is 0 Å². The number of nitrogens with one attached hydrogen (secondary N) is 2. The van der Waals surface area contributed by atoms with E-state index in [0.717, 1.165) is 79.7 Å². The first kappa shape index (κ1) is 42.8. The van der Waals surface area contributed by atoms with Crippen LogP contribution in [0.25, 0.3) is 22.1 Å². The Morgan fingerprint density at radius 3 is 2.45 bits per heavy atom. The highest BCUT2D eigenvalue weighted by Crippen LogP contribution is 2.37. The van der Waals surface area contributed by atoms with Gasteiger partial charge in [0.1, 0.15) is 23.1 Å². The fourth-order valence-corrected chi connectivity index (χ4v) is 8.94. The molecule has 15 heteroatoms. The molecule has 4 aromatic rings. The zero-order chi connectivity index (χ0) is 43.3. The monoisotopic (exact) mass is 847 g/mol. The highest BCUT2D eigenvalue weighted by molar-refractivity contribution is 6.25. The molecule has 1 aromatic carbocycles. The van der Waals surface area contributed by atoms with Crippen molar-refractivity contribution in [3.63, 3.8) is 0 Å². The second kappa shape index (κ2) is 19.1. The van der Waals surface area contributed by atoms with Crippen LogP contribution in [0, 0.1) is 5.92 Å². The van der Waals surface area contributed by atoms with Crippen molar-refractivity contribution in [3.8, 4) is 16.9 Å². The van der Waals surface area contributed by atoms with E-state index in [0.29, 0.717) is 67.5 Å². The summed E-state index contributed by atoms with van der Waals surface area (Å²) >= 11 is 0. The Kier molecular flexibility index (Phi) is 13.2. The third-order valence-electron chi connectivity index (χ3n) is 12.7. The molecule has 0 bridgehead atoms. The molecule has 0 radical (unpaired) electrons. The molecule has 15 nitrogen and oxygen atoms in total. The van der Waals surface area contributed by atoms with Crippen LogP contribution in [0.1, 0.15) is 117 Å².